The molecule has 0 radical (unpaired) electrons. The number of nitrogens with zero attached hydrogens (tertiary/aromatic N) is 4. The second-order valence-corrected chi connectivity index (χ2v) is 8.67. The van der Waals surface area contributed by atoms with Crippen LogP contribution in [0.25, 0.3) is 10.2 Å². The van der Waals surface area contributed by atoms with E-state index in [1.807, 2.05) is 61.5 Å². The van der Waals surface area contributed by atoms with Crippen LogP contribution >= 0.6 is 23.7 Å². The highest BCUT2D eigenvalue weighted by Crippen LogP contribution is 2.32. The number of anilines is 2. The zero-order valence-electron chi connectivity index (χ0n) is 19.5. The van der Waals surface area contributed by atoms with Gasteiger partial charge in [-0.1, -0.05) is 11.3 Å². The average molecular weight is 477 g/mol. The van der Waals surface area contributed by atoms with Gasteiger partial charge in [0.15, 0.2) is 5.13 Å². The molecule has 0 fully saturated rings. The molecule has 0 aliphatic heterocycles. The summed E-state index contributed by atoms with van der Waals surface area (Å²) in [4.78, 5) is 24.5. The molecule has 0 atom stereocenters. The summed E-state index contributed by atoms with van der Waals surface area (Å²) in [5, 5.41) is 0.722. The average Bonchev–Trinajstić information content (AvgIpc) is 3.20. The minimum absolute atomic E-state index is 0. The largest absolute Gasteiger partial charge is 0.497 e. The van der Waals surface area contributed by atoms with Crippen molar-refractivity contribution in [2.45, 2.75) is 20.3 Å². The molecule has 3 rings (SSSR count). The molecule has 0 bridgehead atoms. The van der Waals surface area contributed by atoms with Crippen molar-refractivity contribution in [2.75, 3.05) is 57.2 Å². The van der Waals surface area contributed by atoms with E-state index in [-0.39, 0.29) is 18.3 Å². The number of rotatable bonds is 10. The smallest absolute Gasteiger partial charge is 0.260 e. The maximum Gasteiger partial charge on any atom is 0.260 e. The minimum atomic E-state index is -0.0177. The Morgan fingerprint density at radius 1 is 1.03 bits per heavy atom. The van der Waals surface area contributed by atoms with E-state index >= 15 is 0 Å². The van der Waals surface area contributed by atoms with Crippen LogP contribution < -0.4 is 14.5 Å². The normalized spacial score (nSPS) is 10.8. The number of thiazole rings is 1. The number of benzene rings is 2. The summed E-state index contributed by atoms with van der Waals surface area (Å²) < 4.78 is 6.36. The van der Waals surface area contributed by atoms with Gasteiger partial charge in [0.25, 0.3) is 5.91 Å². The Kier molecular flexibility index (Phi) is 9.75. The van der Waals surface area contributed by atoms with Gasteiger partial charge in [-0.05, 0) is 77.3 Å². The standard InChI is InChI=1S/C24H32N4O2S.ClH/c1-6-27(7-2)19-11-9-18(10-12-19)23(29)28(16-8-15-26(3)4)24-25-21-17-20(30-5)13-14-22(21)31-24;/h9-14,17H,6-8,15-16H2,1-5H3;1H. The van der Waals surface area contributed by atoms with E-state index in [1.165, 1.54) is 11.3 Å². The van der Waals surface area contributed by atoms with Crippen LogP contribution in [0.5, 0.6) is 5.75 Å². The quantitative estimate of drug-likeness (QED) is 0.404. The fourth-order valence-electron chi connectivity index (χ4n) is 3.53. The summed E-state index contributed by atoms with van der Waals surface area (Å²) >= 11 is 1.54. The third kappa shape index (κ3) is 6.12. The highest BCUT2D eigenvalue weighted by Gasteiger charge is 2.21. The number of halogens is 1. The van der Waals surface area contributed by atoms with Gasteiger partial charge >= 0.3 is 0 Å². The number of hydrogen-bond acceptors (Lipinski definition) is 6. The van der Waals surface area contributed by atoms with Crippen molar-refractivity contribution in [3.63, 3.8) is 0 Å². The zero-order valence-corrected chi connectivity index (χ0v) is 21.1. The molecule has 0 unspecified atom stereocenters. The van der Waals surface area contributed by atoms with Crippen LogP contribution in [-0.4, -0.2) is 63.2 Å². The summed E-state index contributed by atoms with van der Waals surface area (Å²) in [6, 6.07) is 13.7. The molecule has 32 heavy (non-hydrogen) atoms. The van der Waals surface area contributed by atoms with Crippen LogP contribution in [0.1, 0.15) is 30.6 Å². The van der Waals surface area contributed by atoms with E-state index in [0.717, 1.165) is 52.8 Å². The lowest BCUT2D eigenvalue weighted by molar-refractivity contribution is 0.0986. The molecule has 1 heterocycles. The Hall–Kier alpha value is -2.35. The minimum Gasteiger partial charge on any atom is -0.497 e. The van der Waals surface area contributed by atoms with Gasteiger partial charge in [0.05, 0.1) is 17.3 Å². The number of carbonyl (C=O) groups is 1. The van der Waals surface area contributed by atoms with Crippen LogP contribution in [-0.2, 0) is 0 Å². The Labute approximate surface area is 201 Å². The Bertz CT molecular complexity index is 1000. The van der Waals surface area contributed by atoms with Gasteiger partial charge in [-0.15, -0.1) is 12.4 Å². The number of fused-ring (bicyclic) bond motifs is 1. The van der Waals surface area contributed by atoms with Crippen LogP contribution in [0.2, 0.25) is 0 Å². The summed E-state index contributed by atoms with van der Waals surface area (Å²) in [6.07, 6.45) is 0.871. The first-order valence-corrected chi connectivity index (χ1v) is 11.5. The van der Waals surface area contributed by atoms with Crippen molar-refractivity contribution in [3.8, 4) is 5.75 Å². The predicted molar refractivity (Wildman–Crippen MR) is 138 cm³/mol. The molecule has 0 saturated carbocycles. The second-order valence-electron chi connectivity index (χ2n) is 7.66. The van der Waals surface area contributed by atoms with Crippen molar-refractivity contribution in [2.24, 2.45) is 0 Å². The van der Waals surface area contributed by atoms with E-state index in [1.54, 1.807) is 7.11 Å². The summed E-state index contributed by atoms with van der Waals surface area (Å²) in [5.74, 6) is 0.748. The number of carbonyl (C=O) groups excluding carboxylic acids is 1. The first kappa shape index (κ1) is 25.9. The van der Waals surface area contributed by atoms with Gasteiger partial charge in [0.1, 0.15) is 5.75 Å². The lowest BCUT2D eigenvalue weighted by Crippen LogP contribution is -2.33. The van der Waals surface area contributed by atoms with Crippen molar-refractivity contribution in [1.82, 2.24) is 9.88 Å². The Morgan fingerprint density at radius 3 is 2.31 bits per heavy atom. The molecular weight excluding hydrogens is 444 g/mol. The highest BCUT2D eigenvalue weighted by molar-refractivity contribution is 7.22. The third-order valence-electron chi connectivity index (χ3n) is 5.29. The topological polar surface area (TPSA) is 48.9 Å². The molecule has 8 heteroatoms. The van der Waals surface area contributed by atoms with Gasteiger partial charge < -0.3 is 14.5 Å². The monoisotopic (exact) mass is 476 g/mol. The van der Waals surface area contributed by atoms with Crippen LogP contribution in [0.4, 0.5) is 10.8 Å². The van der Waals surface area contributed by atoms with E-state index < -0.39 is 0 Å². The lowest BCUT2D eigenvalue weighted by atomic mass is 10.1. The first-order valence-electron chi connectivity index (χ1n) is 10.7. The van der Waals surface area contributed by atoms with E-state index in [4.69, 9.17) is 9.72 Å². The highest BCUT2D eigenvalue weighted by atomic mass is 35.5. The third-order valence-corrected chi connectivity index (χ3v) is 6.35. The Morgan fingerprint density at radius 2 is 1.72 bits per heavy atom. The van der Waals surface area contributed by atoms with Crippen molar-refractivity contribution in [1.29, 1.82) is 0 Å². The number of aromatic nitrogens is 1. The van der Waals surface area contributed by atoms with Gasteiger partial charge in [-0.3, -0.25) is 9.69 Å². The van der Waals surface area contributed by atoms with Gasteiger partial charge in [0, 0.05) is 37.0 Å². The molecule has 0 N–H and O–H groups in total. The molecule has 174 valence electrons. The van der Waals surface area contributed by atoms with Gasteiger partial charge in [0.2, 0.25) is 0 Å². The Balaban J connectivity index is 0.00000363. The van der Waals surface area contributed by atoms with Gasteiger partial charge in [-0.25, -0.2) is 4.98 Å². The van der Waals surface area contributed by atoms with E-state index in [0.29, 0.717) is 12.1 Å². The molecule has 0 saturated heterocycles. The lowest BCUT2D eigenvalue weighted by Gasteiger charge is -2.23. The fourth-order valence-corrected chi connectivity index (χ4v) is 4.50. The van der Waals surface area contributed by atoms with Crippen molar-refractivity contribution in [3.05, 3.63) is 48.0 Å². The first-order chi connectivity index (χ1) is 15.0. The SMILES string of the molecule is CCN(CC)c1ccc(C(=O)N(CCCN(C)C)c2nc3cc(OC)ccc3s2)cc1.Cl. The summed E-state index contributed by atoms with van der Waals surface area (Å²) in [7, 11) is 5.73. The van der Waals surface area contributed by atoms with Crippen molar-refractivity contribution < 1.29 is 9.53 Å². The molecule has 2 aromatic carbocycles. The molecular formula is C24H33ClN4O2S. The van der Waals surface area contributed by atoms with Crippen LogP contribution in [0, 0.1) is 0 Å². The molecule has 1 amide bonds. The fraction of sp³-hybridized carbons (Fsp3) is 0.417. The number of amides is 1. The molecule has 1 aromatic heterocycles. The van der Waals surface area contributed by atoms with Gasteiger partial charge in [-0.2, -0.15) is 0 Å². The van der Waals surface area contributed by atoms with E-state index in [2.05, 4.69) is 23.6 Å². The second kappa shape index (κ2) is 12.0. The maximum absolute atomic E-state index is 13.5. The molecule has 0 aliphatic carbocycles. The zero-order chi connectivity index (χ0) is 22.4. The maximum atomic E-state index is 13.5. The summed E-state index contributed by atoms with van der Waals surface area (Å²) in [6.45, 7) is 7.68. The summed E-state index contributed by atoms with van der Waals surface area (Å²) in [5.41, 5.74) is 2.66. The number of ether oxygens (including phenoxy) is 1. The van der Waals surface area contributed by atoms with Crippen LogP contribution in [0.3, 0.4) is 0 Å². The molecule has 6 nitrogen and oxygen atoms in total. The molecule has 0 spiro atoms. The molecule has 3 aromatic rings. The predicted octanol–water partition coefficient (Wildman–Crippen LogP) is 5.17. The number of hydrogen-bond donors (Lipinski definition) is 0. The van der Waals surface area contributed by atoms with E-state index in [9.17, 15) is 4.79 Å². The van der Waals surface area contributed by atoms with Crippen LogP contribution in [0.15, 0.2) is 42.5 Å². The number of methoxy groups -OCH3 is 1. The van der Waals surface area contributed by atoms with Crippen molar-refractivity contribution >= 4 is 50.7 Å². The molecule has 0 aliphatic rings.